The van der Waals surface area contributed by atoms with Crippen LogP contribution in [-0.4, -0.2) is 29.3 Å². The molecule has 0 spiro atoms. The fourth-order valence-electron chi connectivity index (χ4n) is 2.04. The van der Waals surface area contributed by atoms with Crippen LogP contribution in [0.4, 0.5) is 4.79 Å². The first-order valence-electron chi connectivity index (χ1n) is 7.12. The molecular formula is C16H23NO4. The standard InChI is InChI=1S/C16H23NO4/c1-11(2)9-14(15(18)19)17-16(20)21-12(3)10-13-7-5-4-6-8-13/h4-8,11-12,14H,9-10H2,1-3H3,(H,17,20)(H,18,19)/t12?,14-/m0/s1. The van der Waals surface area contributed by atoms with Crippen molar-refractivity contribution < 1.29 is 19.4 Å². The van der Waals surface area contributed by atoms with Gasteiger partial charge in [-0.2, -0.15) is 0 Å². The lowest BCUT2D eigenvalue weighted by molar-refractivity contribution is -0.139. The average molecular weight is 293 g/mol. The Bertz CT molecular complexity index is 459. The molecule has 2 atom stereocenters. The van der Waals surface area contributed by atoms with Gasteiger partial charge < -0.3 is 15.2 Å². The summed E-state index contributed by atoms with van der Waals surface area (Å²) in [6, 6.07) is 8.76. The highest BCUT2D eigenvalue weighted by molar-refractivity contribution is 5.79. The Hall–Kier alpha value is -2.04. The molecule has 1 rings (SSSR count). The van der Waals surface area contributed by atoms with Crippen molar-refractivity contribution in [3.05, 3.63) is 35.9 Å². The van der Waals surface area contributed by atoms with Gasteiger partial charge in [0.15, 0.2) is 0 Å². The van der Waals surface area contributed by atoms with Gasteiger partial charge in [-0.3, -0.25) is 0 Å². The predicted octanol–water partition coefficient (Wildman–Crippen LogP) is 2.84. The SMILES string of the molecule is CC(C)C[C@H](NC(=O)OC(C)Cc1ccccc1)C(=O)O. The van der Waals surface area contributed by atoms with Gasteiger partial charge in [0, 0.05) is 6.42 Å². The number of alkyl carbamates (subject to hydrolysis) is 1. The number of rotatable bonds is 7. The van der Waals surface area contributed by atoms with Crippen molar-refractivity contribution in [1.82, 2.24) is 5.32 Å². The molecule has 0 saturated heterocycles. The number of carbonyl (C=O) groups is 2. The lowest BCUT2D eigenvalue weighted by atomic mass is 10.0. The molecule has 116 valence electrons. The number of aliphatic carboxylic acids is 1. The smallest absolute Gasteiger partial charge is 0.408 e. The Morgan fingerprint density at radius 3 is 2.33 bits per heavy atom. The second kappa shape index (κ2) is 8.29. The van der Waals surface area contributed by atoms with Gasteiger partial charge >= 0.3 is 12.1 Å². The highest BCUT2D eigenvalue weighted by Crippen LogP contribution is 2.08. The molecule has 0 fully saturated rings. The molecule has 0 aliphatic rings. The summed E-state index contributed by atoms with van der Waals surface area (Å²) >= 11 is 0. The number of amides is 1. The fraction of sp³-hybridized carbons (Fsp3) is 0.500. The molecule has 0 saturated carbocycles. The molecule has 0 bridgehead atoms. The van der Waals surface area contributed by atoms with E-state index in [9.17, 15) is 9.59 Å². The Kier molecular flexibility index (Phi) is 6.72. The lowest BCUT2D eigenvalue weighted by Crippen LogP contribution is -2.43. The van der Waals surface area contributed by atoms with E-state index in [0.717, 1.165) is 5.56 Å². The first-order chi connectivity index (χ1) is 9.88. The zero-order chi connectivity index (χ0) is 15.8. The van der Waals surface area contributed by atoms with E-state index in [2.05, 4.69) is 5.32 Å². The van der Waals surface area contributed by atoms with Crippen molar-refractivity contribution in [2.45, 2.75) is 45.8 Å². The molecule has 5 nitrogen and oxygen atoms in total. The summed E-state index contributed by atoms with van der Waals surface area (Å²) in [5.74, 6) is -0.871. The van der Waals surface area contributed by atoms with Crippen molar-refractivity contribution in [1.29, 1.82) is 0 Å². The Labute approximate surface area is 125 Å². The first-order valence-corrected chi connectivity index (χ1v) is 7.12. The summed E-state index contributed by atoms with van der Waals surface area (Å²) in [5, 5.41) is 11.5. The normalized spacial score (nSPS) is 13.5. The van der Waals surface area contributed by atoms with Crippen LogP contribution < -0.4 is 5.32 Å². The molecule has 0 aromatic heterocycles. The van der Waals surface area contributed by atoms with E-state index >= 15 is 0 Å². The van der Waals surface area contributed by atoms with Crippen LogP contribution in [0.5, 0.6) is 0 Å². The average Bonchev–Trinajstić information content (AvgIpc) is 2.38. The zero-order valence-electron chi connectivity index (χ0n) is 12.7. The van der Waals surface area contributed by atoms with Gasteiger partial charge in [-0.15, -0.1) is 0 Å². The number of carboxylic acids is 1. The Balaban J connectivity index is 2.46. The summed E-state index contributed by atoms with van der Waals surface area (Å²) in [6.07, 6.45) is -0.0411. The van der Waals surface area contributed by atoms with Gasteiger partial charge in [0.25, 0.3) is 0 Å². The first kappa shape index (κ1) is 17.0. The third-order valence-corrected chi connectivity index (χ3v) is 2.97. The van der Waals surface area contributed by atoms with E-state index in [0.29, 0.717) is 12.8 Å². The second-order valence-corrected chi connectivity index (χ2v) is 5.57. The number of nitrogens with one attached hydrogen (secondary N) is 1. The van der Waals surface area contributed by atoms with Crippen molar-refractivity contribution >= 4 is 12.1 Å². The molecule has 1 amide bonds. The van der Waals surface area contributed by atoms with Gasteiger partial charge in [-0.25, -0.2) is 9.59 Å². The van der Waals surface area contributed by atoms with Gasteiger partial charge in [-0.1, -0.05) is 44.2 Å². The highest BCUT2D eigenvalue weighted by Gasteiger charge is 2.22. The van der Waals surface area contributed by atoms with Crippen LogP contribution in [0.2, 0.25) is 0 Å². The zero-order valence-corrected chi connectivity index (χ0v) is 12.7. The number of carboxylic acid groups (broad SMARTS) is 1. The minimum Gasteiger partial charge on any atom is -0.480 e. The van der Waals surface area contributed by atoms with Crippen LogP contribution >= 0.6 is 0 Å². The number of benzene rings is 1. The van der Waals surface area contributed by atoms with E-state index < -0.39 is 18.1 Å². The molecule has 0 aliphatic carbocycles. The third kappa shape index (κ3) is 6.79. The van der Waals surface area contributed by atoms with Crippen LogP contribution in [-0.2, 0) is 16.0 Å². The summed E-state index contributed by atoms with van der Waals surface area (Å²) < 4.78 is 5.20. The molecule has 0 heterocycles. The van der Waals surface area contributed by atoms with E-state index in [1.54, 1.807) is 6.92 Å². The molecule has 21 heavy (non-hydrogen) atoms. The summed E-state index contributed by atoms with van der Waals surface area (Å²) in [7, 11) is 0. The monoisotopic (exact) mass is 293 g/mol. The van der Waals surface area contributed by atoms with Crippen molar-refractivity contribution in [2.24, 2.45) is 5.92 Å². The number of carbonyl (C=O) groups excluding carboxylic acids is 1. The Morgan fingerprint density at radius 1 is 1.19 bits per heavy atom. The van der Waals surface area contributed by atoms with Crippen LogP contribution in [0.3, 0.4) is 0 Å². The lowest BCUT2D eigenvalue weighted by Gasteiger charge is -2.19. The quantitative estimate of drug-likeness (QED) is 0.810. The van der Waals surface area contributed by atoms with Crippen LogP contribution in [0, 0.1) is 5.92 Å². The maximum atomic E-state index is 11.7. The maximum absolute atomic E-state index is 11.7. The molecule has 2 N–H and O–H groups in total. The molecule has 1 aromatic rings. The molecule has 5 heteroatoms. The van der Waals surface area contributed by atoms with Gasteiger partial charge in [-0.05, 0) is 24.8 Å². The predicted molar refractivity (Wildman–Crippen MR) is 80.1 cm³/mol. The van der Waals surface area contributed by atoms with Crippen molar-refractivity contribution in [3.8, 4) is 0 Å². The van der Waals surface area contributed by atoms with Gasteiger partial charge in [0.1, 0.15) is 12.1 Å². The highest BCUT2D eigenvalue weighted by atomic mass is 16.6. The Morgan fingerprint density at radius 2 is 1.81 bits per heavy atom. The topological polar surface area (TPSA) is 75.6 Å². The molecular weight excluding hydrogens is 270 g/mol. The minimum atomic E-state index is -1.05. The minimum absolute atomic E-state index is 0.174. The summed E-state index contributed by atoms with van der Waals surface area (Å²) in [6.45, 7) is 5.59. The van der Waals surface area contributed by atoms with Crippen molar-refractivity contribution in [3.63, 3.8) is 0 Å². The second-order valence-electron chi connectivity index (χ2n) is 5.57. The van der Waals surface area contributed by atoms with E-state index in [4.69, 9.17) is 9.84 Å². The van der Waals surface area contributed by atoms with E-state index in [-0.39, 0.29) is 12.0 Å². The number of hydrogen-bond donors (Lipinski definition) is 2. The number of ether oxygens (including phenoxy) is 1. The third-order valence-electron chi connectivity index (χ3n) is 2.97. The maximum Gasteiger partial charge on any atom is 0.408 e. The van der Waals surface area contributed by atoms with Gasteiger partial charge in [0.05, 0.1) is 0 Å². The van der Waals surface area contributed by atoms with Crippen LogP contribution in [0.15, 0.2) is 30.3 Å². The van der Waals surface area contributed by atoms with E-state index in [1.807, 2.05) is 44.2 Å². The van der Waals surface area contributed by atoms with Crippen LogP contribution in [0.25, 0.3) is 0 Å². The molecule has 0 radical (unpaired) electrons. The molecule has 1 unspecified atom stereocenters. The molecule has 0 aliphatic heterocycles. The molecule has 1 aromatic carbocycles. The van der Waals surface area contributed by atoms with E-state index in [1.165, 1.54) is 0 Å². The summed E-state index contributed by atoms with van der Waals surface area (Å²) in [4.78, 5) is 22.8. The van der Waals surface area contributed by atoms with Gasteiger partial charge in [0.2, 0.25) is 0 Å². The fourth-order valence-corrected chi connectivity index (χ4v) is 2.04. The summed E-state index contributed by atoms with van der Waals surface area (Å²) in [5.41, 5.74) is 1.06. The largest absolute Gasteiger partial charge is 0.480 e. The van der Waals surface area contributed by atoms with Crippen LogP contribution in [0.1, 0.15) is 32.8 Å². The number of hydrogen-bond acceptors (Lipinski definition) is 3. The van der Waals surface area contributed by atoms with Crippen molar-refractivity contribution in [2.75, 3.05) is 0 Å².